The smallest absolute Gasteiger partial charge is 0.341 e. The molecule has 0 fully saturated rings. The molecule has 0 bridgehead atoms. The molecule has 0 saturated heterocycles. The van der Waals surface area contributed by atoms with Gasteiger partial charge in [0, 0.05) is 21.3 Å². The topological polar surface area (TPSA) is 80.6 Å². The van der Waals surface area contributed by atoms with Gasteiger partial charge in [-0.2, -0.15) is 0 Å². The Morgan fingerprint density at radius 1 is 1.06 bits per heavy atom. The zero-order valence-corrected chi connectivity index (χ0v) is 18.6. The van der Waals surface area contributed by atoms with Crippen molar-refractivity contribution in [2.45, 2.75) is 32.6 Å². The molecule has 32 heavy (non-hydrogen) atoms. The standard InChI is InChI=1S/C25H24N2O4S/c1-2-30-25(29)23-17-8-4-6-10-21(17)32-24(23)27-22(28)14-26-15-11-12-20-18(13-15)16-7-3-5-9-19(16)31-20/h3,5,7,9,11-13,26H,2,4,6,8,10,14H2,1H3,(H,27,28). The predicted molar refractivity (Wildman–Crippen MR) is 128 cm³/mol. The summed E-state index contributed by atoms with van der Waals surface area (Å²) in [5.41, 5.74) is 4.05. The third-order valence-electron chi connectivity index (χ3n) is 5.73. The first kappa shape index (κ1) is 20.6. The molecule has 0 aliphatic heterocycles. The van der Waals surface area contributed by atoms with Gasteiger partial charge < -0.3 is 19.8 Å². The summed E-state index contributed by atoms with van der Waals surface area (Å²) < 4.78 is 11.1. The van der Waals surface area contributed by atoms with Crippen molar-refractivity contribution in [1.82, 2.24) is 0 Å². The van der Waals surface area contributed by atoms with Crippen LogP contribution >= 0.6 is 11.3 Å². The molecular formula is C25H24N2O4S. The van der Waals surface area contributed by atoms with Crippen LogP contribution in [0.2, 0.25) is 0 Å². The highest BCUT2D eigenvalue weighted by Gasteiger charge is 2.27. The van der Waals surface area contributed by atoms with Gasteiger partial charge in [0.25, 0.3) is 0 Å². The number of hydrogen-bond donors (Lipinski definition) is 2. The van der Waals surface area contributed by atoms with Crippen LogP contribution in [0.15, 0.2) is 46.9 Å². The van der Waals surface area contributed by atoms with Crippen LogP contribution in [0.4, 0.5) is 10.7 Å². The molecule has 4 aromatic rings. The Balaban J connectivity index is 1.32. The van der Waals surface area contributed by atoms with Crippen LogP contribution < -0.4 is 10.6 Å². The Kier molecular flexibility index (Phi) is 5.57. The summed E-state index contributed by atoms with van der Waals surface area (Å²) in [6, 6.07) is 13.7. The molecule has 6 nitrogen and oxygen atoms in total. The van der Waals surface area contributed by atoms with E-state index < -0.39 is 0 Å². The Hall–Kier alpha value is -3.32. The molecule has 0 unspecified atom stereocenters. The van der Waals surface area contributed by atoms with Gasteiger partial charge in [-0.15, -0.1) is 11.3 Å². The SMILES string of the molecule is CCOC(=O)c1c(NC(=O)CNc2ccc3oc4ccccc4c3c2)sc2c1CCCC2. The van der Waals surface area contributed by atoms with Crippen LogP contribution in [0.5, 0.6) is 0 Å². The number of aryl methyl sites for hydroxylation is 1. The van der Waals surface area contributed by atoms with Crippen LogP contribution in [0, 0.1) is 0 Å². The Labute approximate surface area is 189 Å². The van der Waals surface area contributed by atoms with Gasteiger partial charge in [0.2, 0.25) is 5.91 Å². The molecule has 7 heteroatoms. The maximum absolute atomic E-state index is 12.7. The molecule has 1 amide bonds. The van der Waals surface area contributed by atoms with Crippen LogP contribution in [-0.4, -0.2) is 25.0 Å². The third-order valence-corrected chi connectivity index (χ3v) is 6.94. The molecule has 164 valence electrons. The number of hydrogen-bond acceptors (Lipinski definition) is 6. The van der Waals surface area contributed by atoms with Crippen molar-refractivity contribution >= 4 is 55.8 Å². The van der Waals surface area contributed by atoms with Gasteiger partial charge in [0.15, 0.2) is 0 Å². The lowest BCUT2D eigenvalue weighted by Crippen LogP contribution is -2.22. The molecule has 2 heterocycles. The largest absolute Gasteiger partial charge is 0.462 e. The monoisotopic (exact) mass is 448 g/mol. The quantitative estimate of drug-likeness (QED) is 0.367. The lowest BCUT2D eigenvalue weighted by atomic mass is 9.95. The number of nitrogens with one attached hydrogen (secondary N) is 2. The first-order valence-electron chi connectivity index (χ1n) is 10.9. The van der Waals surface area contributed by atoms with Crippen molar-refractivity contribution in [2.75, 3.05) is 23.8 Å². The van der Waals surface area contributed by atoms with Crippen molar-refractivity contribution < 1.29 is 18.7 Å². The summed E-state index contributed by atoms with van der Waals surface area (Å²) in [7, 11) is 0. The normalized spacial score (nSPS) is 13.2. The fourth-order valence-electron chi connectivity index (χ4n) is 4.26. The van der Waals surface area contributed by atoms with Gasteiger partial charge in [-0.3, -0.25) is 4.79 Å². The van der Waals surface area contributed by atoms with Gasteiger partial charge in [0.1, 0.15) is 16.2 Å². The number of thiophene rings is 1. The van der Waals surface area contributed by atoms with Crippen molar-refractivity contribution in [3.63, 3.8) is 0 Å². The number of para-hydroxylation sites is 1. The second-order valence-electron chi connectivity index (χ2n) is 7.85. The summed E-state index contributed by atoms with van der Waals surface area (Å²) >= 11 is 1.50. The Morgan fingerprint density at radius 3 is 2.75 bits per heavy atom. The van der Waals surface area contributed by atoms with E-state index in [4.69, 9.17) is 9.15 Å². The summed E-state index contributed by atoms with van der Waals surface area (Å²) in [4.78, 5) is 26.5. The average Bonchev–Trinajstić information content (AvgIpc) is 3.35. The van der Waals surface area contributed by atoms with Crippen molar-refractivity contribution in [3.05, 3.63) is 58.5 Å². The molecule has 2 aromatic heterocycles. The number of esters is 1. The first-order valence-corrected chi connectivity index (χ1v) is 11.7. The lowest BCUT2D eigenvalue weighted by molar-refractivity contribution is -0.114. The van der Waals surface area contributed by atoms with E-state index in [1.165, 1.54) is 16.2 Å². The van der Waals surface area contributed by atoms with E-state index in [0.29, 0.717) is 17.2 Å². The number of anilines is 2. The molecule has 0 atom stereocenters. The second kappa shape index (κ2) is 8.67. The van der Waals surface area contributed by atoms with Crippen LogP contribution in [-0.2, 0) is 22.4 Å². The fraction of sp³-hybridized carbons (Fsp3) is 0.280. The van der Waals surface area contributed by atoms with Gasteiger partial charge >= 0.3 is 5.97 Å². The minimum Gasteiger partial charge on any atom is -0.462 e. The van der Waals surface area contributed by atoms with Crippen molar-refractivity contribution in [1.29, 1.82) is 0 Å². The number of carbonyl (C=O) groups is 2. The van der Waals surface area contributed by atoms with Gasteiger partial charge in [-0.05, 0) is 62.4 Å². The molecule has 1 aliphatic carbocycles. The zero-order chi connectivity index (χ0) is 22.1. The average molecular weight is 449 g/mol. The van der Waals surface area contributed by atoms with Crippen LogP contribution in [0.3, 0.4) is 0 Å². The Morgan fingerprint density at radius 2 is 1.88 bits per heavy atom. The molecule has 0 radical (unpaired) electrons. The Bertz CT molecular complexity index is 1320. The molecule has 2 N–H and O–H groups in total. The number of fused-ring (bicyclic) bond motifs is 4. The molecule has 1 aliphatic rings. The fourth-order valence-corrected chi connectivity index (χ4v) is 5.56. The second-order valence-corrected chi connectivity index (χ2v) is 8.95. The van der Waals surface area contributed by atoms with E-state index >= 15 is 0 Å². The number of furan rings is 1. The van der Waals surface area contributed by atoms with Crippen molar-refractivity contribution in [2.24, 2.45) is 0 Å². The first-order chi connectivity index (χ1) is 15.6. The highest BCUT2D eigenvalue weighted by atomic mass is 32.1. The number of rotatable bonds is 6. The predicted octanol–water partition coefficient (Wildman–Crippen LogP) is 5.75. The van der Waals surface area contributed by atoms with Crippen LogP contribution in [0.1, 0.15) is 40.6 Å². The minimum absolute atomic E-state index is 0.0894. The highest BCUT2D eigenvalue weighted by Crippen LogP contribution is 2.38. The number of ether oxygens (including phenoxy) is 1. The minimum atomic E-state index is -0.354. The van der Waals surface area contributed by atoms with Crippen LogP contribution in [0.25, 0.3) is 21.9 Å². The highest BCUT2D eigenvalue weighted by molar-refractivity contribution is 7.17. The van der Waals surface area contributed by atoms with E-state index in [9.17, 15) is 9.59 Å². The molecule has 0 saturated carbocycles. The van der Waals surface area contributed by atoms with Crippen molar-refractivity contribution in [3.8, 4) is 0 Å². The maximum Gasteiger partial charge on any atom is 0.341 e. The van der Waals surface area contributed by atoms with Gasteiger partial charge in [-0.1, -0.05) is 18.2 Å². The van der Waals surface area contributed by atoms with E-state index in [1.54, 1.807) is 6.92 Å². The maximum atomic E-state index is 12.7. The molecule has 5 rings (SSSR count). The number of benzene rings is 2. The summed E-state index contributed by atoms with van der Waals surface area (Å²) in [6.07, 6.45) is 3.96. The third kappa shape index (κ3) is 3.84. The molecular weight excluding hydrogens is 424 g/mol. The van der Waals surface area contributed by atoms with E-state index in [-0.39, 0.29) is 18.4 Å². The summed E-state index contributed by atoms with van der Waals surface area (Å²) in [5.74, 6) is -0.557. The molecule has 2 aromatic carbocycles. The lowest BCUT2D eigenvalue weighted by Gasteiger charge is -2.12. The van der Waals surface area contributed by atoms with E-state index in [2.05, 4.69) is 10.6 Å². The van der Waals surface area contributed by atoms with Gasteiger partial charge in [-0.25, -0.2) is 4.79 Å². The number of amides is 1. The summed E-state index contributed by atoms with van der Waals surface area (Å²) in [6.45, 7) is 2.19. The molecule has 0 spiro atoms. The van der Waals surface area contributed by atoms with E-state index in [1.807, 2.05) is 42.5 Å². The van der Waals surface area contributed by atoms with Gasteiger partial charge in [0.05, 0.1) is 18.7 Å². The number of carbonyl (C=O) groups excluding carboxylic acids is 2. The van der Waals surface area contributed by atoms with E-state index in [0.717, 1.165) is 58.9 Å². The zero-order valence-electron chi connectivity index (χ0n) is 17.8. The summed E-state index contributed by atoms with van der Waals surface area (Å²) in [5, 5.41) is 8.76.